The van der Waals surface area contributed by atoms with Crippen molar-refractivity contribution in [3.63, 3.8) is 0 Å². The topological polar surface area (TPSA) is 37.4 Å². The Labute approximate surface area is 114 Å². The Hall–Kier alpha value is -0.810. The van der Waals surface area contributed by atoms with E-state index < -0.39 is 0 Å². The van der Waals surface area contributed by atoms with Gasteiger partial charge in [0, 0.05) is 26.7 Å². The summed E-state index contributed by atoms with van der Waals surface area (Å²) in [4.78, 5) is 7.62. The lowest BCUT2D eigenvalue weighted by Gasteiger charge is -2.15. The van der Waals surface area contributed by atoms with E-state index in [1.54, 1.807) is 18.4 Å². The molecule has 1 atom stereocenters. The molecule has 0 fully saturated rings. The van der Waals surface area contributed by atoms with Crippen molar-refractivity contribution in [3.8, 4) is 5.88 Å². The van der Waals surface area contributed by atoms with Crippen LogP contribution < -0.4 is 15.0 Å². The van der Waals surface area contributed by atoms with E-state index in [4.69, 9.17) is 4.74 Å². The number of rotatable bonds is 7. The second-order valence-corrected chi connectivity index (χ2v) is 6.30. The number of nitrogens with one attached hydrogen (secondary N) is 1. The fraction of sp³-hybridized carbons (Fsp3) is 0.769. The first kappa shape index (κ1) is 15.2. The van der Waals surface area contributed by atoms with Gasteiger partial charge >= 0.3 is 0 Å². The molecule has 1 heterocycles. The average molecular weight is 271 g/mol. The molecule has 0 radical (unpaired) electrons. The van der Waals surface area contributed by atoms with Crippen molar-refractivity contribution in [1.29, 1.82) is 0 Å². The lowest BCUT2D eigenvalue weighted by molar-refractivity contribution is 0.390. The maximum absolute atomic E-state index is 5.32. The van der Waals surface area contributed by atoms with E-state index in [9.17, 15) is 0 Å². The van der Waals surface area contributed by atoms with Gasteiger partial charge < -0.3 is 15.0 Å². The third-order valence-corrected chi connectivity index (χ3v) is 3.87. The number of ether oxygens (including phenoxy) is 1. The first-order valence-corrected chi connectivity index (χ1v) is 7.20. The highest BCUT2D eigenvalue weighted by Gasteiger charge is 2.14. The van der Waals surface area contributed by atoms with Gasteiger partial charge in [0.15, 0.2) is 5.13 Å². The minimum atomic E-state index is 0.514. The van der Waals surface area contributed by atoms with Gasteiger partial charge in [-0.1, -0.05) is 25.2 Å². The van der Waals surface area contributed by atoms with E-state index in [0.717, 1.165) is 22.4 Å². The molecule has 104 valence electrons. The highest BCUT2D eigenvalue weighted by atomic mass is 32.1. The zero-order valence-corrected chi connectivity index (χ0v) is 13.1. The molecular weight excluding hydrogens is 246 g/mol. The smallest absolute Gasteiger partial charge is 0.230 e. The van der Waals surface area contributed by atoms with Crippen LogP contribution in [0, 0.1) is 5.92 Å². The summed E-state index contributed by atoms with van der Waals surface area (Å²) < 4.78 is 5.32. The van der Waals surface area contributed by atoms with Crippen LogP contribution in [0.2, 0.25) is 0 Å². The maximum Gasteiger partial charge on any atom is 0.230 e. The molecular formula is C13H25N3OS. The molecule has 18 heavy (non-hydrogen) atoms. The van der Waals surface area contributed by atoms with Gasteiger partial charge in [0.05, 0.1) is 12.0 Å². The van der Waals surface area contributed by atoms with Gasteiger partial charge in [-0.3, -0.25) is 0 Å². The summed E-state index contributed by atoms with van der Waals surface area (Å²) in [5.41, 5.74) is 0. The second-order valence-electron chi connectivity index (χ2n) is 5.23. The van der Waals surface area contributed by atoms with Crippen molar-refractivity contribution in [3.05, 3.63) is 4.88 Å². The van der Waals surface area contributed by atoms with Gasteiger partial charge in [-0.2, -0.15) is 4.98 Å². The Morgan fingerprint density at radius 2 is 2.00 bits per heavy atom. The van der Waals surface area contributed by atoms with Crippen LogP contribution in [0.15, 0.2) is 0 Å². The Morgan fingerprint density at radius 1 is 1.33 bits per heavy atom. The number of hydrogen-bond acceptors (Lipinski definition) is 5. The van der Waals surface area contributed by atoms with Gasteiger partial charge in [-0.15, -0.1) is 0 Å². The molecule has 5 heteroatoms. The normalized spacial score (nSPS) is 12.8. The predicted octanol–water partition coefficient (Wildman–Crippen LogP) is 2.74. The van der Waals surface area contributed by atoms with Gasteiger partial charge in [0.1, 0.15) is 0 Å². The summed E-state index contributed by atoms with van der Waals surface area (Å²) in [6.07, 6.45) is 1.18. The zero-order chi connectivity index (χ0) is 13.7. The molecule has 1 N–H and O–H groups in total. The molecule has 0 bridgehead atoms. The summed E-state index contributed by atoms with van der Waals surface area (Å²) in [5.74, 6) is 1.46. The Bertz CT molecular complexity index is 363. The number of methoxy groups -OCH3 is 1. The van der Waals surface area contributed by atoms with Crippen molar-refractivity contribution in [2.75, 3.05) is 26.1 Å². The quantitative estimate of drug-likeness (QED) is 0.827. The first-order chi connectivity index (χ1) is 8.43. The standard InChI is InChI=1S/C13H25N3OS/c1-9(2)7-10(3)14-8-11-12(17-6)15-13(18-11)16(4)5/h9-10,14H,7-8H2,1-6H3. The molecule has 4 nitrogen and oxygen atoms in total. The van der Waals surface area contributed by atoms with Crippen LogP contribution in [0.4, 0.5) is 5.13 Å². The molecule has 0 amide bonds. The third kappa shape index (κ3) is 4.46. The minimum Gasteiger partial charge on any atom is -0.480 e. The van der Waals surface area contributed by atoms with Gasteiger partial charge in [-0.25, -0.2) is 0 Å². The predicted molar refractivity (Wildman–Crippen MR) is 78.7 cm³/mol. The molecule has 0 aliphatic rings. The molecule has 0 aliphatic heterocycles. The first-order valence-electron chi connectivity index (χ1n) is 6.38. The lowest BCUT2D eigenvalue weighted by Crippen LogP contribution is -2.26. The number of aromatic nitrogens is 1. The minimum absolute atomic E-state index is 0.514. The van der Waals surface area contributed by atoms with E-state index in [2.05, 4.69) is 31.1 Å². The molecule has 1 unspecified atom stereocenters. The summed E-state index contributed by atoms with van der Waals surface area (Å²) in [6, 6.07) is 0.514. The summed E-state index contributed by atoms with van der Waals surface area (Å²) in [7, 11) is 5.67. The summed E-state index contributed by atoms with van der Waals surface area (Å²) in [6.45, 7) is 7.54. The maximum atomic E-state index is 5.32. The molecule has 1 aromatic heterocycles. The molecule has 1 aromatic rings. The van der Waals surface area contributed by atoms with Crippen LogP contribution in [-0.2, 0) is 6.54 Å². The van der Waals surface area contributed by atoms with Gasteiger partial charge in [0.25, 0.3) is 0 Å². The van der Waals surface area contributed by atoms with E-state index >= 15 is 0 Å². The van der Waals surface area contributed by atoms with Crippen molar-refractivity contribution in [2.45, 2.75) is 39.8 Å². The SMILES string of the molecule is COc1nc(N(C)C)sc1CNC(C)CC(C)C. The largest absolute Gasteiger partial charge is 0.480 e. The fourth-order valence-corrected chi connectivity index (χ4v) is 2.75. The molecule has 0 saturated heterocycles. The third-order valence-electron chi connectivity index (χ3n) is 2.66. The van der Waals surface area contributed by atoms with Crippen LogP contribution in [-0.4, -0.2) is 32.2 Å². The second kappa shape index (κ2) is 6.95. The fourth-order valence-electron chi connectivity index (χ4n) is 1.85. The van der Waals surface area contributed by atoms with Crippen LogP contribution >= 0.6 is 11.3 Å². The van der Waals surface area contributed by atoms with Crippen molar-refractivity contribution in [1.82, 2.24) is 10.3 Å². The number of thiazole rings is 1. The van der Waals surface area contributed by atoms with E-state index in [1.807, 2.05) is 19.0 Å². The highest BCUT2D eigenvalue weighted by molar-refractivity contribution is 7.15. The lowest BCUT2D eigenvalue weighted by atomic mass is 10.1. The van der Waals surface area contributed by atoms with E-state index in [0.29, 0.717) is 12.0 Å². The monoisotopic (exact) mass is 271 g/mol. The number of nitrogens with zero attached hydrogens (tertiary/aromatic N) is 2. The Kier molecular flexibility index (Phi) is 5.88. The van der Waals surface area contributed by atoms with Gasteiger partial charge in [-0.05, 0) is 19.3 Å². The van der Waals surface area contributed by atoms with Crippen LogP contribution in [0.1, 0.15) is 32.1 Å². The van der Waals surface area contributed by atoms with Gasteiger partial charge in [0.2, 0.25) is 5.88 Å². The van der Waals surface area contributed by atoms with Crippen LogP contribution in [0.25, 0.3) is 0 Å². The molecule has 1 rings (SSSR count). The van der Waals surface area contributed by atoms with Crippen molar-refractivity contribution in [2.24, 2.45) is 5.92 Å². The van der Waals surface area contributed by atoms with E-state index in [-0.39, 0.29) is 0 Å². The summed E-state index contributed by atoms with van der Waals surface area (Å²) in [5, 5.41) is 4.52. The van der Waals surface area contributed by atoms with Crippen molar-refractivity contribution < 1.29 is 4.74 Å². The van der Waals surface area contributed by atoms with E-state index in [1.165, 1.54) is 6.42 Å². The van der Waals surface area contributed by atoms with Crippen molar-refractivity contribution >= 4 is 16.5 Å². The number of hydrogen-bond donors (Lipinski definition) is 1. The molecule has 0 spiro atoms. The average Bonchev–Trinajstić information content (AvgIpc) is 2.68. The molecule has 0 aromatic carbocycles. The van der Waals surface area contributed by atoms with Crippen LogP contribution in [0.3, 0.4) is 0 Å². The Morgan fingerprint density at radius 3 is 2.50 bits per heavy atom. The van der Waals surface area contributed by atoms with Crippen LogP contribution in [0.5, 0.6) is 5.88 Å². The zero-order valence-electron chi connectivity index (χ0n) is 12.3. The Balaban J connectivity index is 2.60. The molecule has 0 saturated carbocycles. The highest BCUT2D eigenvalue weighted by Crippen LogP contribution is 2.30. The number of anilines is 1. The summed E-state index contributed by atoms with van der Waals surface area (Å²) >= 11 is 1.68. The molecule has 0 aliphatic carbocycles.